The third kappa shape index (κ3) is 18.8. The summed E-state index contributed by atoms with van der Waals surface area (Å²) in [6, 6.07) is 0. The van der Waals surface area contributed by atoms with Gasteiger partial charge in [-0.3, -0.25) is 0 Å². The SMILES string of the molecule is S.[K+].[O]=[Cr](=[O])([O-])[O][Cr](=[O])(=[O])[OH]. The van der Waals surface area contributed by atoms with E-state index in [1.165, 1.54) is 0 Å². The van der Waals surface area contributed by atoms with E-state index in [-0.39, 0.29) is 64.9 Å². The van der Waals surface area contributed by atoms with Gasteiger partial charge in [0.1, 0.15) is 0 Å². The monoisotopic (exact) mass is 290 g/mol. The van der Waals surface area contributed by atoms with Crippen molar-refractivity contribution in [1.29, 1.82) is 0 Å². The number of hydrogen-bond donors (Lipinski definition) is 1. The minimum atomic E-state index is -6.01. The van der Waals surface area contributed by atoms with Crippen molar-refractivity contribution in [2.75, 3.05) is 0 Å². The molecule has 0 aromatic heterocycles. The molecule has 0 aromatic carbocycles. The zero-order valence-electron chi connectivity index (χ0n) is 5.21. The Morgan fingerprint density at radius 2 is 1.45 bits per heavy atom. The number of hydrogen-bond acceptors (Lipinski definition) is 6. The van der Waals surface area contributed by atoms with Gasteiger partial charge in [0.25, 0.3) is 0 Å². The van der Waals surface area contributed by atoms with E-state index in [0.29, 0.717) is 0 Å². The van der Waals surface area contributed by atoms with Gasteiger partial charge in [0.15, 0.2) is 0 Å². The third-order valence-corrected chi connectivity index (χ3v) is 2.88. The zero-order chi connectivity index (χ0) is 7.71. The third-order valence-electron chi connectivity index (χ3n) is 0.169. The molecule has 0 spiro atoms. The van der Waals surface area contributed by atoms with Crippen molar-refractivity contribution < 1.29 is 105 Å². The van der Waals surface area contributed by atoms with Crippen LogP contribution in [-0.2, 0) is 45.3 Å². The van der Waals surface area contributed by atoms with Gasteiger partial charge in [0, 0.05) is 0 Å². The normalized spacial score (nSPS) is 11.1. The molecule has 0 rings (SSSR count). The van der Waals surface area contributed by atoms with Crippen LogP contribution < -0.4 is 55.5 Å². The van der Waals surface area contributed by atoms with Crippen molar-refractivity contribution in [3.8, 4) is 0 Å². The van der Waals surface area contributed by atoms with Crippen LogP contribution in [0, 0.1) is 0 Å². The summed E-state index contributed by atoms with van der Waals surface area (Å²) in [4.78, 5) is 0. The van der Waals surface area contributed by atoms with Crippen LogP contribution in [0.5, 0.6) is 0 Å². The zero-order valence-corrected chi connectivity index (χ0v) is 11.9. The fraction of sp³-hybridized carbons (Fsp3) is 0. The van der Waals surface area contributed by atoms with Gasteiger partial charge in [-0.1, -0.05) is 0 Å². The molecule has 64 valence electrons. The molecule has 11 heteroatoms. The van der Waals surface area contributed by atoms with Gasteiger partial charge in [0.05, 0.1) is 0 Å². The Balaban J connectivity index is -0.000000320. The maximum absolute atomic E-state index is 9.49. The van der Waals surface area contributed by atoms with Gasteiger partial charge in [-0.25, -0.2) is 0 Å². The fourth-order valence-corrected chi connectivity index (χ4v) is 1.79. The Morgan fingerprint density at radius 1 is 1.18 bits per heavy atom. The van der Waals surface area contributed by atoms with Crippen molar-refractivity contribution in [3.05, 3.63) is 0 Å². The van der Waals surface area contributed by atoms with E-state index in [4.69, 9.17) is 4.16 Å². The molecule has 0 radical (unpaired) electrons. The number of rotatable bonds is 2. The Bertz CT molecular complexity index is 242. The van der Waals surface area contributed by atoms with Crippen molar-refractivity contribution in [1.82, 2.24) is 0 Å². The molecule has 0 atom stereocenters. The standard InChI is InChI=1S/2Cr.K.H2O.6O.H2S/h;;;1H2;;;;;;;1H2/q;2*+1;;;;;;;-1;/p-1. The molecular formula is H3Cr2KO7S. The van der Waals surface area contributed by atoms with E-state index in [1.807, 2.05) is 0 Å². The predicted octanol–water partition coefficient (Wildman–Crippen LogP) is -5.18. The first kappa shape index (κ1) is 18.8. The van der Waals surface area contributed by atoms with Gasteiger partial charge in [-0.15, -0.1) is 0 Å². The van der Waals surface area contributed by atoms with Crippen LogP contribution in [0.3, 0.4) is 0 Å². The summed E-state index contributed by atoms with van der Waals surface area (Å²) in [6.07, 6.45) is 0. The van der Waals surface area contributed by atoms with Crippen LogP contribution in [0.25, 0.3) is 0 Å². The molecule has 1 N–H and O–H groups in total. The Labute approximate surface area is 116 Å². The van der Waals surface area contributed by atoms with Crippen LogP contribution in [0.2, 0.25) is 0 Å². The van der Waals surface area contributed by atoms with Crippen LogP contribution in [0.15, 0.2) is 0 Å². The first-order chi connectivity index (χ1) is 3.71. The topological polar surface area (TPSA) is 121 Å². The van der Waals surface area contributed by atoms with E-state index in [2.05, 4.69) is 2.84 Å². The summed E-state index contributed by atoms with van der Waals surface area (Å²) in [6.45, 7) is 0. The minimum absolute atomic E-state index is 0. The van der Waals surface area contributed by atoms with Crippen LogP contribution >= 0.6 is 13.5 Å². The van der Waals surface area contributed by atoms with Crippen molar-refractivity contribution in [2.24, 2.45) is 0 Å². The average molecular weight is 290 g/mol. The van der Waals surface area contributed by atoms with Crippen molar-refractivity contribution in [3.63, 3.8) is 0 Å². The summed E-state index contributed by atoms with van der Waals surface area (Å²) in [5.41, 5.74) is 0. The van der Waals surface area contributed by atoms with Gasteiger partial charge in [-0.2, -0.15) is 13.5 Å². The molecule has 0 aliphatic carbocycles. The second-order valence-electron chi connectivity index (χ2n) is 0.904. The second kappa shape index (κ2) is 6.57. The van der Waals surface area contributed by atoms with Crippen LogP contribution in [-0.4, -0.2) is 4.16 Å². The molecule has 0 aromatic rings. The quantitative estimate of drug-likeness (QED) is 0.505. The molecule has 11 heavy (non-hydrogen) atoms. The molecule has 0 saturated heterocycles. The summed E-state index contributed by atoms with van der Waals surface area (Å²) < 4.78 is 57.6. The van der Waals surface area contributed by atoms with E-state index >= 15 is 0 Å². The molecule has 0 fully saturated rings. The molecular weight excluding hydrogens is 287 g/mol. The van der Waals surface area contributed by atoms with E-state index in [1.54, 1.807) is 0 Å². The Kier molecular flexibility index (Phi) is 11.2. The Morgan fingerprint density at radius 3 is 1.45 bits per heavy atom. The van der Waals surface area contributed by atoms with Crippen molar-refractivity contribution in [2.45, 2.75) is 0 Å². The Hall–Kier alpha value is 2.13. The van der Waals surface area contributed by atoms with Gasteiger partial charge >= 0.3 is 105 Å². The first-order valence-corrected chi connectivity index (χ1v) is 5.56. The van der Waals surface area contributed by atoms with Crippen molar-refractivity contribution >= 4 is 13.5 Å². The van der Waals surface area contributed by atoms with Crippen LogP contribution in [0.4, 0.5) is 0 Å². The van der Waals surface area contributed by atoms with Gasteiger partial charge in [0.2, 0.25) is 0 Å². The summed E-state index contributed by atoms with van der Waals surface area (Å²) in [7, 11) is 0. The molecule has 0 unspecified atom stereocenters. The molecule has 0 aliphatic heterocycles. The molecule has 7 nitrogen and oxygen atoms in total. The maximum atomic E-state index is 9.49. The summed E-state index contributed by atoms with van der Waals surface area (Å²) >= 11 is -11.8. The van der Waals surface area contributed by atoms with Gasteiger partial charge in [-0.05, 0) is 0 Å². The van der Waals surface area contributed by atoms with E-state index in [0.717, 1.165) is 0 Å². The summed E-state index contributed by atoms with van der Waals surface area (Å²) in [5, 5.41) is 0. The predicted molar refractivity (Wildman–Crippen MR) is 16.4 cm³/mol. The first-order valence-electron chi connectivity index (χ1n) is 1.35. The van der Waals surface area contributed by atoms with E-state index in [9.17, 15) is 19.4 Å². The summed E-state index contributed by atoms with van der Waals surface area (Å²) in [5.74, 6) is 0. The molecule has 0 saturated carbocycles. The second-order valence-corrected chi connectivity index (χ2v) is 4.60. The molecule has 0 aliphatic rings. The molecule has 0 amide bonds. The molecule has 0 bridgehead atoms. The van der Waals surface area contributed by atoms with Gasteiger partial charge < -0.3 is 0 Å². The average Bonchev–Trinajstić information content (AvgIpc) is 1.14. The van der Waals surface area contributed by atoms with E-state index < -0.39 is 27.2 Å². The van der Waals surface area contributed by atoms with Crippen LogP contribution in [0.1, 0.15) is 0 Å². The molecule has 0 heterocycles. The fourth-order valence-electron chi connectivity index (χ4n) is 0.105.